The highest BCUT2D eigenvalue weighted by atomic mass is 16.7. The highest BCUT2D eigenvalue weighted by molar-refractivity contribution is 6.48. The van der Waals surface area contributed by atoms with Gasteiger partial charge in [0.25, 0.3) is 5.91 Å². The van der Waals surface area contributed by atoms with E-state index in [9.17, 15) is 14.7 Å². The summed E-state index contributed by atoms with van der Waals surface area (Å²) < 4.78 is 18.7. The molecule has 0 aromatic heterocycles. The number of carbonyl (C=O) groups is 2. The number of hydrogen-bond donors (Lipinski definition) is 3. The molecule has 3 aliphatic carbocycles. The summed E-state index contributed by atoms with van der Waals surface area (Å²) in [5, 5.41) is 16.2. The third-order valence-corrected chi connectivity index (χ3v) is 8.97. The number of hydrogen-bond acceptors (Lipinski definition) is 6. The average Bonchev–Trinajstić information content (AvgIpc) is 3.22. The van der Waals surface area contributed by atoms with Gasteiger partial charge < -0.3 is 29.8 Å². The number of ether oxygens (including phenoxy) is 1. The molecule has 1 heterocycles. The Kier molecular flexibility index (Phi) is 8.50. The maximum absolute atomic E-state index is 13.5. The van der Waals surface area contributed by atoms with E-state index in [1.165, 1.54) is 6.92 Å². The zero-order chi connectivity index (χ0) is 27.8. The van der Waals surface area contributed by atoms with Crippen LogP contribution in [0, 0.1) is 23.2 Å². The Labute approximate surface area is 227 Å². The molecule has 1 aliphatic heterocycles. The summed E-state index contributed by atoms with van der Waals surface area (Å²) in [6.07, 6.45) is 2.52. The van der Waals surface area contributed by atoms with Crippen molar-refractivity contribution in [2.75, 3.05) is 6.61 Å². The topological polar surface area (TPSA) is 106 Å². The average molecular weight is 528 g/mol. The largest absolute Gasteiger partial charge is 0.494 e. The van der Waals surface area contributed by atoms with E-state index in [0.717, 1.165) is 19.3 Å². The molecular weight excluding hydrogens is 483 g/mol. The van der Waals surface area contributed by atoms with Crippen molar-refractivity contribution in [1.82, 2.24) is 10.6 Å². The van der Waals surface area contributed by atoms with Crippen LogP contribution >= 0.6 is 0 Å². The molecule has 1 saturated heterocycles. The van der Waals surface area contributed by atoms with Crippen molar-refractivity contribution in [3.63, 3.8) is 0 Å². The second-order valence-corrected chi connectivity index (χ2v) is 12.6. The van der Waals surface area contributed by atoms with Crippen LogP contribution in [0.25, 0.3) is 0 Å². The van der Waals surface area contributed by atoms with Crippen LogP contribution in [0.3, 0.4) is 0 Å². The first-order valence-electron chi connectivity index (χ1n) is 14.2. The molecule has 2 bridgehead atoms. The molecule has 7 atom stereocenters. The van der Waals surface area contributed by atoms with E-state index in [4.69, 9.17) is 14.0 Å². The second-order valence-electron chi connectivity index (χ2n) is 12.6. The normalized spacial score (nSPS) is 29.6. The summed E-state index contributed by atoms with van der Waals surface area (Å²) in [4.78, 5) is 26.5. The van der Waals surface area contributed by atoms with Gasteiger partial charge in [-0.2, -0.15) is 0 Å². The summed E-state index contributed by atoms with van der Waals surface area (Å²) in [7, 11) is -0.579. The van der Waals surface area contributed by atoms with E-state index < -0.39 is 37.0 Å². The monoisotopic (exact) mass is 528 g/mol. The molecular formula is C29H45BN2O6. The van der Waals surface area contributed by atoms with Crippen LogP contribution in [0.15, 0.2) is 24.3 Å². The number of benzene rings is 1. The van der Waals surface area contributed by atoms with Crippen LogP contribution in [-0.2, 0) is 14.1 Å². The molecule has 0 radical (unpaired) electrons. The molecule has 2 amide bonds. The van der Waals surface area contributed by atoms with Gasteiger partial charge >= 0.3 is 7.12 Å². The number of aliphatic hydroxyl groups excluding tert-OH is 1. The van der Waals surface area contributed by atoms with Crippen LogP contribution in [0.2, 0.25) is 0 Å². The molecule has 4 fully saturated rings. The van der Waals surface area contributed by atoms with Crippen LogP contribution in [0.4, 0.5) is 0 Å². The van der Waals surface area contributed by atoms with Crippen LogP contribution in [0.1, 0.15) is 84.5 Å². The minimum atomic E-state index is -1.14. The smallest absolute Gasteiger partial charge is 0.481 e. The Morgan fingerprint density at radius 3 is 2.55 bits per heavy atom. The van der Waals surface area contributed by atoms with Gasteiger partial charge in [0, 0.05) is 5.56 Å². The zero-order valence-corrected chi connectivity index (χ0v) is 24.0. The maximum atomic E-state index is 13.5. The summed E-state index contributed by atoms with van der Waals surface area (Å²) in [6, 6.07) is 5.67. The second kappa shape index (κ2) is 11.2. The van der Waals surface area contributed by atoms with Crippen molar-refractivity contribution in [3.05, 3.63) is 29.8 Å². The van der Waals surface area contributed by atoms with Crippen molar-refractivity contribution in [3.8, 4) is 5.75 Å². The van der Waals surface area contributed by atoms with Gasteiger partial charge in [0.2, 0.25) is 5.91 Å². The maximum Gasteiger partial charge on any atom is 0.481 e. The molecule has 0 spiro atoms. The lowest BCUT2D eigenvalue weighted by Gasteiger charge is -2.64. The van der Waals surface area contributed by atoms with Crippen LogP contribution < -0.4 is 15.4 Å². The van der Waals surface area contributed by atoms with Gasteiger partial charge in [0.05, 0.1) is 30.4 Å². The standard InChI is InChI=1S/C29H45BN2O6/c1-8-12-36-21-11-9-10-19(14-21)26(34)32-25(18(4)33)27(35)31-24(13-17(2)3)30-37-23-16-20-15-22(28(20,5)6)29(23,7)38-30/h9-11,14,17-18,20,22-25,33H,8,12-13,15-16H2,1-7H3,(H,31,35)(H,32,34)/t18-,20-,22-,23-,24+,25+,29+/m1/s1. The predicted octanol–water partition coefficient (Wildman–Crippen LogP) is 3.75. The molecule has 3 saturated carbocycles. The zero-order valence-electron chi connectivity index (χ0n) is 24.0. The fourth-order valence-electron chi connectivity index (χ4n) is 6.67. The Hall–Kier alpha value is -2.10. The Balaban J connectivity index is 1.45. The lowest BCUT2D eigenvalue weighted by molar-refractivity contribution is -0.199. The number of carbonyl (C=O) groups excluding carboxylic acids is 2. The van der Waals surface area contributed by atoms with Crippen molar-refractivity contribution in [2.45, 2.75) is 104 Å². The summed E-state index contributed by atoms with van der Waals surface area (Å²) in [5.41, 5.74) is 0.198. The van der Waals surface area contributed by atoms with E-state index in [1.54, 1.807) is 24.3 Å². The van der Waals surface area contributed by atoms with Gasteiger partial charge in [-0.05, 0) is 80.9 Å². The van der Waals surface area contributed by atoms with E-state index >= 15 is 0 Å². The molecule has 4 aliphatic rings. The van der Waals surface area contributed by atoms with Crippen molar-refractivity contribution >= 4 is 18.9 Å². The van der Waals surface area contributed by atoms with Gasteiger partial charge in [-0.1, -0.05) is 40.7 Å². The lowest BCUT2D eigenvalue weighted by atomic mass is 9.43. The highest BCUT2D eigenvalue weighted by Gasteiger charge is 2.68. The van der Waals surface area contributed by atoms with Gasteiger partial charge in [0.1, 0.15) is 11.8 Å². The molecule has 210 valence electrons. The number of aliphatic hydroxyl groups is 1. The van der Waals surface area contributed by atoms with Crippen molar-refractivity contribution in [2.24, 2.45) is 23.2 Å². The van der Waals surface area contributed by atoms with Gasteiger partial charge in [-0.15, -0.1) is 0 Å². The first-order chi connectivity index (χ1) is 17.9. The van der Waals surface area contributed by atoms with E-state index in [2.05, 4.69) is 45.3 Å². The van der Waals surface area contributed by atoms with E-state index in [1.807, 2.05) is 6.92 Å². The first-order valence-corrected chi connectivity index (χ1v) is 14.2. The third-order valence-electron chi connectivity index (χ3n) is 8.97. The molecule has 38 heavy (non-hydrogen) atoms. The molecule has 8 nitrogen and oxygen atoms in total. The number of amides is 2. The van der Waals surface area contributed by atoms with Crippen LogP contribution in [-0.4, -0.2) is 60.4 Å². The number of rotatable bonds is 11. The van der Waals surface area contributed by atoms with E-state index in [-0.39, 0.29) is 23.0 Å². The molecule has 0 unspecified atom stereocenters. The predicted molar refractivity (Wildman–Crippen MR) is 147 cm³/mol. The molecule has 3 N–H and O–H groups in total. The molecule has 1 aromatic carbocycles. The summed E-state index contributed by atoms with van der Waals surface area (Å²) >= 11 is 0. The molecule has 1 aromatic rings. The molecule has 9 heteroatoms. The summed E-state index contributed by atoms with van der Waals surface area (Å²) in [5.74, 6) is 0.581. The minimum Gasteiger partial charge on any atom is -0.494 e. The van der Waals surface area contributed by atoms with Gasteiger partial charge in [-0.25, -0.2) is 0 Å². The first kappa shape index (κ1) is 28.9. The van der Waals surface area contributed by atoms with Crippen molar-refractivity contribution < 1.29 is 28.7 Å². The third kappa shape index (κ3) is 5.61. The lowest BCUT2D eigenvalue weighted by Crippen LogP contribution is -2.65. The van der Waals surface area contributed by atoms with Gasteiger partial charge in [-0.3, -0.25) is 9.59 Å². The Bertz CT molecular complexity index is 1020. The highest BCUT2D eigenvalue weighted by Crippen LogP contribution is 2.65. The number of nitrogens with one attached hydrogen (secondary N) is 2. The van der Waals surface area contributed by atoms with E-state index in [0.29, 0.717) is 36.2 Å². The fraction of sp³-hybridized carbons (Fsp3) is 0.724. The summed E-state index contributed by atoms with van der Waals surface area (Å²) in [6.45, 7) is 15.0. The van der Waals surface area contributed by atoms with Crippen LogP contribution in [0.5, 0.6) is 5.75 Å². The van der Waals surface area contributed by atoms with Crippen molar-refractivity contribution in [1.29, 1.82) is 0 Å². The SMILES string of the molecule is CCCOc1cccc(C(=O)N[C@H](C(=O)N[C@@H](CC(C)C)B2O[C@@H]3C[C@H]4C[C@H](C4(C)C)[C@]3(C)O2)[C@@H](C)O)c1. The van der Waals surface area contributed by atoms with Gasteiger partial charge in [0.15, 0.2) is 0 Å². The Morgan fingerprint density at radius 1 is 1.18 bits per heavy atom. The Morgan fingerprint density at radius 2 is 1.92 bits per heavy atom. The minimum absolute atomic E-state index is 0.00491. The molecule has 5 rings (SSSR count). The fourth-order valence-corrected chi connectivity index (χ4v) is 6.67. The quantitative estimate of drug-likeness (QED) is 0.378.